The van der Waals surface area contributed by atoms with Crippen LogP contribution in [-0.2, 0) is 0 Å². The molecular formula is C14H23FN2O. The first kappa shape index (κ1) is 14.9. The smallest absolute Gasteiger partial charge is 0.123 e. The fourth-order valence-corrected chi connectivity index (χ4v) is 2.43. The van der Waals surface area contributed by atoms with Crippen LogP contribution in [0.25, 0.3) is 0 Å². The van der Waals surface area contributed by atoms with E-state index in [4.69, 9.17) is 10.5 Å². The average Bonchev–Trinajstić information content (AvgIpc) is 2.28. The van der Waals surface area contributed by atoms with Crippen LogP contribution in [0, 0.1) is 11.2 Å². The van der Waals surface area contributed by atoms with Crippen LogP contribution in [0.1, 0.15) is 25.5 Å². The monoisotopic (exact) mass is 254 g/mol. The highest BCUT2D eigenvalue weighted by Gasteiger charge is 2.33. The number of benzene rings is 1. The minimum absolute atomic E-state index is 0.00634. The zero-order valence-electron chi connectivity index (χ0n) is 11.8. The molecule has 0 saturated heterocycles. The highest BCUT2D eigenvalue weighted by atomic mass is 19.1. The first-order valence-electron chi connectivity index (χ1n) is 6.03. The van der Waals surface area contributed by atoms with Crippen molar-refractivity contribution in [3.8, 4) is 5.75 Å². The Balaban J connectivity index is 3.34. The van der Waals surface area contributed by atoms with Crippen LogP contribution < -0.4 is 10.5 Å². The zero-order chi connectivity index (χ0) is 13.9. The summed E-state index contributed by atoms with van der Waals surface area (Å²) in [4.78, 5) is 2.05. The third kappa shape index (κ3) is 3.00. The highest BCUT2D eigenvalue weighted by molar-refractivity contribution is 5.37. The van der Waals surface area contributed by atoms with Crippen molar-refractivity contribution in [2.75, 3.05) is 27.7 Å². The van der Waals surface area contributed by atoms with Crippen LogP contribution in [0.2, 0.25) is 0 Å². The molecule has 0 spiro atoms. The van der Waals surface area contributed by atoms with Crippen molar-refractivity contribution in [1.29, 1.82) is 0 Å². The van der Waals surface area contributed by atoms with E-state index in [1.165, 1.54) is 12.1 Å². The number of nitrogens with zero attached hydrogens (tertiary/aromatic N) is 1. The van der Waals surface area contributed by atoms with Gasteiger partial charge in [-0.15, -0.1) is 0 Å². The summed E-state index contributed by atoms with van der Waals surface area (Å²) >= 11 is 0. The molecule has 0 heterocycles. The summed E-state index contributed by atoms with van der Waals surface area (Å²) in [5, 5.41) is 0. The largest absolute Gasteiger partial charge is 0.496 e. The number of nitrogens with two attached hydrogens (primary N) is 1. The SMILES string of the molecule is COc1ccc(F)cc1C(N(C)C)C(C)(C)CN. The van der Waals surface area contributed by atoms with E-state index in [2.05, 4.69) is 13.8 Å². The van der Waals surface area contributed by atoms with Gasteiger partial charge in [0.05, 0.1) is 7.11 Å². The van der Waals surface area contributed by atoms with Gasteiger partial charge in [-0.2, -0.15) is 0 Å². The molecule has 0 aromatic heterocycles. The number of hydrogen-bond donors (Lipinski definition) is 1. The number of rotatable bonds is 5. The Morgan fingerprint density at radius 3 is 2.44 bits per heavy atom. The summed E-state index contributed by atoms with van der Waals surface area (Å²) < 4.78 is 18.8. The molecule has 0 saturated carbocycles. The zero-order valence-corrected chi connectivity index (χ0v) is 11.8. The minimum Gasteiger partial charge on any atom is -0.496 e. The van der Waals surface area contributed by atoms with E-state index in [-0.39, 0.29) is 17.3 Å². The van der Waals surface area contributed by atoms with Gasteiger partial charge in [0, 0.05) is 11.6 Å². The summed E-state index contributed by atoms with van der Waals surface area (Å²) in [6.45, 7) is 4.65. The topological polar surface area (TPSA) is 38.5 Å². The predicted octanol–water partition coefficient (Wildman–Crippen LogP) is 2.42. The summed E-state index contributed by atoms with van der Waals surface area (Å²) in [7, 11) is 5.53. The molecular weight excluding hydrogens is 231 g/mol. The molecule has 0 fully saturated rings. The fourth-order valence-electron chi connectivity index (χ4n) is 2.43. The maximum absolute atomic E-state index is 13.5. The Hall–Kier alpha value is -1.13. The van der Waals surface area contributed by atoms with Crippen LogP contribution in [0.15, 0.2) is 18.2 Å². The maximum Gasteiger partial charge on any atom is 0.123 e. The van der Waals surface area contributed by atoms with Gasteiger partial charge in [-0.3, -0.25) is 0 Å². The van der Waals surface area contributed by atoms with E-state index in [9.17, 15) is 4.39 Å². The van der Waals surface area contributed by atoms with Crippen LogP contribution in [0.3, 0.4) is 0 Å². The molecule has 0 aliphatic rings. The molecule has 1 rings (SSSR count). The Kier molecular flexibility index (Phi) is 4.71. The van der Waals surface area contributed by atoms with E-state index < -0.39 is 0 Å². The van der Waals surface area contributed by atoms with E-state index in [0.29, 0.717) is 12.3 Å². The van der Waals surface area contributed by atoms with Gasteiger partial charge in [-0.1, -0.05) is 13.8 Å². The molecule has 4 heteroatoms. The predicted molar refractivity (Wildman–Crippen MR) is 72.2 cm³/mol. The van der Waals surface area contributed by atoms with Crippen molar-refractivity contribution >= 4 is 0 Å². The number of hydrogen-bond acceptors (Lipinski definition) is 3. The molecule has 1 atom stereocenters. The second-order valence-electron chi connectivity index (χ2n) is 5.45. The van der Waals surface area contributed by atoms with Gasteiger partial charge < -0.3 is 15.4 Å². The molecule has 102 valence electrons. The van der Waals surface area contributed by atoms with Crippen molar-refractivity contribution in [3.05, 3.63) is 29.6 Å². The lowest BCUT2D eigenvalue weighted by atomic mass is 9.79. The van der Waals surface area contributed by atoms with Crippen molar-refractivity contribution in [2.24, 2.45) is 11.1 Å². The summed E-state index contributed by atoms with van der Waals surface area (Å²) in [6, 6.07) is 4.59. The van der Waals surface area contributed by atoms with Crippen molar-refractivity contribution < 1.29 is 9.13 Å². The molecule has 2 N–H and O–H groups in total. The number of halogens is 1. The van der Waals surface area contributed by atoms with Gasteiger partial charge in [0.1, 0.15) is 11.6 Å². The third-order valence-corrected chi connectivity index (χ3v) is 3.27. The van der Waals surface area contributed by atoms with Crippen LogP contribution in [0.5, 0.6) is 5.75 Å². The normalized spacial score (nSPS) is 13.8. The Morgan fingerprint density at radius 1 is 1.39 bits per heavy atom. The first-order valence-corrected chi connectivity index (χ1v) is 6.03. The van der Waals surface area contributed by atoms with E-state index in [1.54, 1.807) is 13.2 Å². The van der Waals surface area contributed by atoms with E-state index in [1.807, 2.05) is 19.0 Å². The standard InChI is InChI=1S/C14H23FN2O/c1-14(2,9-16)13(17(3)4)11-8-10(15)6-7-12(11)18-5/h6-8,13H,9,16H2,1-5H3. The average molecular weight is 254 g/mol. The van der Waals surface area contributed by atoms with Crippen LogP contribution in [0.4, 0.5) is 4.39 Å². The quantitative estimate of drug-likeness (QED) is 0.877. The lowest BCUT2D eigenvalue weighted by Gasteiger charge is -2.39. The molecule has 0 amide bonds. The molecule has 0 aliphatic heterocycles. The van der Waals surface area contributed by atoms with Crippen LogP contribution >= 0.6 is 0 Å². The molecule has 0 radical (unpaired) electrons. The van der Waals surface area contributed by atoms with Gasteiger partial charge in [-0.05, 0) is 44.3 Å². The molecule has 3 nitrogen and oxygen atoms in total. The Morgan fingerprint density at radius 2 is 2.00 bits per heavy atom. The number of methoxy groups -OCH3 is 1. The molecule has 1 aromatic rings. The van der Waals surface area contributed by atoms with Gasteiger partial charge in [0.25, 0.3) is 0 Å². The Bertz CT molecular complexity index is 405. The molecule has 18 heavy (non-hydrogen) atoms. The second kappa shape index (κ2) is 5.67. The first-order chi connectivity index (χ1) is 8.33. The number of ether oxygens (including phenoxy) is 1. The lowest BCUT2D eigenvalue weighted by molar-refractivity contribution is 0.139. The third-order valence-electron chi connectivity index (χ3n) is 3.27. The van der Waals surface area contributed by atoms with E-state index in [0.717, 1.165) is 5.56 Å². The maximum atomic E-state index is 13.5. The van der Waals surface area contributed by atoms with E-state index >= 15 is 0 Å². The molecule has 0 bridgehead atoms. The minimum atomic E-state index is -0.259. The van der Waals surface area contributed by atoms with Gasteiger partial charge in [0.2, 0.25) is 0 Å². The summed E-state index contributed by atoms with van der Waals surface area (Å²) in [6.07, 6.45) is 0. The molecule has 1 unspecified atom stereocenters. The molecule has 0 aliphatic carbocycles. The Labute approximate surface area is 109 Å². The van der Waals surface area contributed by atoms with Gasteiger partial charge in [-0.25, -0.2) is 4.39 Å². The summed E-state index contributed by atoms with van der Waals surface area (Å²) in [5.41, 5.74) is 6.51. The summed E-state index contributed by atoms with van der Waals surface area (Å²) in [5.74, 6) is 0.432. The lowest BCUT2D eigenvalue weighted by Crippen LogP contribution is -2.39. The van der Waals surface area contributed by atoms with Crippen molar-refractivity contribution in [1.82, 2.24) is 4.90 Å². The van der Waals surface area contributed by atoms with Gasteiger partial charge >= 0.3 is 0 Å². The molecule has 1 aromatic carbocycles. The van der Waals surface area contributed by atoms with Crippen molar-refractivity contribution in [3.63, 3.8) is 0 Å². The highest BCUT2D eigenvalue weighted by Crippen LogP contribution is 2.40. The van der Waals surface area contributed by atoms with Crippen LogP contribution in [-0.4, -0.2) is 32.6 Å². The van der Waals surface area contributed by atoms with Gasteiger partial charge in [0.15, 0.2) is 0 Å². The second-order valence-corrected chi connectivity index (χ2v) is 5.45. The van der Waals surface area contributed by atoms with Crippen molar-refractivity contribution in [2.45, 2.75) is 19.9 Å². The fraction of sp³-hybridized carbons (Fsp3) is 0.571.